The maximum absolute atomic E-state index is 6.22. The summed E-state index contributed by atoms with van der Waals surface area (Å²) in [5.74, 6) is 0. The van der Waals surface area contributed by atoms with E-state index in [2.05, 4.69) is 4.90 Å². The smallest absolute Gasteiger partial charge is 0.0594 e. The summed E-state index contributed by atoms with van der Waals surface area (Å²) in [4.78, 5) is 2.27. The first kappa shape index (κ1) is 13.1. The minimum Gasteiger partial charge on any atom is -0.379 e. The zero-order chi connectivity index (χ0) is 12.3. The second-order valence-electron chi connectivity index (χ2n) is 4.04. The highest BCUT2D eigenvalue weighted by Gasteiger charge is 2.24. The van der Waals surface area contributed by atoms with Gasteiger partial charge in [0.05, 0.1) is 19.3 Å². The van der Waals surface area contributed by atoms with Crippen molar-refractivity contribution < 1.29 is 4.74 Å². The van der Waals surface area contributed by atoms with Crippen molar-refractivity contribution in [2.45, 2.75) is 6.04 Å². The van der Waals surface area contributed by atoms with E-state index < -0.39 is 0 Å². The molecule has 2 rings (SSSR count). The summed E-state index contributed by atoms with van der Waals surface area (Å²) in [6, 6.07) is 5.62. The number of nitrogens with two attached hydrogens (primary N) is 1. The normalized spacial score (nSPS) is 19.2. The second-order valence-corrected chi connectivity index (χ2v) is 4.85. The largest absolute Gasteiger partial charge is 0.379 e. The van der Waals surface area contributed by atoms with Crippen molar-refractivity contribution in [1.82, 2.24) is 4.90 Å². The summed E-state index contributed by atoms with van der Waals surface area (Å²) >= 11 is 12.4. The fraction of sp³-hybridized carbons (Fsp3) is 0.500. The van der Waals surface area contributed by atoms with E-state index in [1.807, 2.05) is 18.2 Å². The Morgan fingerprint density at radius 1 is 1.24 bits per heavy atom. The van der Waals surface area contributed by atoms with E-state index in [0.29, 0.717) is 16.6 Å². The Morgan fingerprint density at radius 3 is 2.35 bits per heavy atom. The molecule has 2 N–H and O–H groups in total. The number of ether oxygens (including phenoxy) is 1. The third kappa shape index (κ3) is 2.92. The lowest BCUT2D eigenvalue weighted by Gasteiger charge is -2.34. The Labute approximate surface area is 111 Å². The van der Waals surface area contributed by atoms with E-state index in [1.165, 1.54) is 0 Å². The first-order valence-corrected chi connectivity index (χ1v) is 6.45. The molecule has 1 heterocycles. The number of halogens is 2. The van der Waals surface area contributed by atoms with Crippen LogP contribution in [0.15, 0.2) is 18.2 Å². The van der Waals surface area contributed by atoms with Gasteiger partial charge in [0.2, 0.25) is 0 Å². The van der Waals surface area contributed by atoms with Crippen LogP contribution in [0.3, 0.4) is 0 Å². The summed E-state index contributed by atoms with van der Waals surface area (Å²) in [5.41, 5.74) is 6.80. The average molecular weight is 275 g/mol. The molecule has 0 amide bonds. The predicted octanol–water partition coefficient (Wildman–Crippen LogP) is 2.33. The number of hydrogen-bond donors (Lipinski definition) is 1. The molecule has 0 aliphatic carbocycles. The minimum absolute atomic E-state index is 0.0695. The number of rotatable bonds is 3. The van der Waals surface area contributed by atoms with Gasteiger partial charge in [-0.3, -0.25) is 4.90 Å². The molecule has 94 valence electrons. The van der Waals surface area contributed by atoms with Crippen molar-refractivity contribution in [1.29, 1.82) is 0 Å². The van der Waals surface area contributed by atoms with E-state index in [-0.39, 0.29) is 6.04 Å². The van der Waals surface area contributed by atoms with E-state index in [4.69, 9.17) is 33.7 Å². The lowest BCUT2D eigenvalue weighted by atomic mass is 10.0. The fourth-order valence-corrected chi connectivity index (χ4v) is 2.82. The van der Waals surface area contributed by atoms with Crippen LogP contribution in [-0.4, -0.2) is 37.7 Å². The summed E-state index contributed by atoms with van der Waals surface area (Å²) < 4.78 is 5.34. The highest BCUT2D eigenvalue weighted by Crippen LogP contribution is 2.33. The van der Waals surface area contributed by atoms with Gasteiger partial charge in [0.15, 0.2) is 0 Å². The number of hydrogen-bond acceptors (Lipinski definition) is 3. The van der Waals surface area contributed by atoms with Crippen LogP contribution >= 0.6 is 23.2 Å². The molecular formula is C12H16Cl2N2O. The molecule has 0 spiro atoms. The molecule has 5 heteroatoms. The Balaban J connectivity index is 2.27. The monoisotopic (exact) mass is 274 g/mol. The molecule has 0 radical (unpaired) electrons. The molecule has 0 saturated carbocycles. The second kappa shape index (κ2) is 6.03. The third-order valence-electron chi connectivity index (χ3n) is 3.04. The third-order valence-corrected chi connectivity index (χ3v) is 3.70. The van der Waals surface area contributed by atoms with E-state index >= 15 is 0 Å². The molecule has 1 unspecified atom stereocenters. The standard InChI is InChI=1S/C12H16Cl2N2O/c13-9-2-1-3-10(14)12(9)11(8-15)16-4-6-17-7-5-16/h1-3,11H,4-8,15H2. The maximum Gasteiger partial charge on any atom is 0.0594 e. The van der Waals surface area contributed by atoms with Gasteiger partial charge in [-0.1, -0.05) is 29.3 Å². The Morgan fingerprint density at radius 2 is 1.82 bits per heavy atom. The van der Waals surface area contributed by atoms with Crippen LogP contribution in [-0.2, 0) is 4.74 Å². The van der Waals surface area contributed by atoms with Gasteiger partial charge in [-0.05, 0) is 12.1 Å². The van der Waals surface area contributed by atoms with Gasteiger partial charge in [-0.25, -0.2) is 0 Å². The maximum atomic E-state index is 6.22. The fourth-order valence-electron chi connectivity index (χ4n) is 2.17. The number of nitrogens with zero attached hydrogens (tertiary/aromatic N) is 1. The molecule has 1 aromatic carbocycles. The summed E-state index contributed by atoms with van der Waals surface area (Å²) in [6.07, 6.45) is 0. The molecule has 17 heavy (non-hydrogen) atoms. The molecular weight excluding hydrogens is 259 g/mol. The van der Waals surface area contributed by atoms with Gasteiger partial charge < -0.3 is 10.5 Å². The molecule has 0 aromatic heterocycles. The quantitative estimate of drug-likeness (QED) is 0.920. The molecule has 1 aliphatic heterocycles. The van der Waals surface area contributed by atoms with E-state index in [0.717, 1.165) is 31.9 Å². The van der Waals surface area contributed by atoms with Gasteiger partial charge in [-0.2, -0.15) is 0 Å². The Bertz CT molecular complexity index is 361. The molecule has 0 bridgehead atoms. The van der Waals surface area contributed by atoms with Crippen LogP contribution in [0.2, 0.25) is 10.0 Å². The minimum atomic E-state index is 0.0695. The van der Waals surface area contributed by atoms with Crippen LogP contribution in [0, 0.1) is 0 Å². The summed E-state index contributed by atoms with van der Waals surface area (Å²) in [6.45, 7) is 3.70. The number of benzene rings is 1. The first-order valence-electron chi connectivity index (χ1n) is 5.70. The highest BCUT2D eigenvalue weighted by atomic mass is 35.5. The van der Waals surface area contributed by atoms with Crippen LogP contribution in [0.25, 0.3) is 0 Å². The Hall–Kier alpha value is -0.320. The molecule has 1 saturated heterocycles. The summed E-state index contributed by atoms with van der Waals surface area (Å²) in [7, 11) is 0. The molecule has 1 atom stereocenters. The molecule has 1 aromatic rings. The van der Waals surface area contributed by atoms with Crippen molar-refractivity contribution in [3.63, 3.8) is 0 Å². The van der Waals surface area contributed by atoms with E-state index in [9.17, 15) is 0 Å². The summed E-state index contributed by atoms with van der Waals surface area (Å²) in [5, 5.41) is 1.36. The lowest BCUT2D eigenvalue weighted by Crippen LogP contribution is -2.42. The predicted molar refractivity (Wildman–Crippen MR) is 70.6 cm³/mol. The van der Waals surface area contributed by atoms with Gasteiger partial charge >= 0.3 is 0 Å². The highest BCUT2D eigenvalue weighted by molar-refractivity contribution is 6.36. The molecule has 3 nitrogen and oxygen atoms in total. The van der Waals surface area contributed by atoms with E-state index in [1.54, 1.807) is 0 Å². The zero-order valence-electron chi connectivity index (χ0n) is 9.53. The van der Waals surface area contributed by atoms with Crippen LogP contribution in [0.1, 0.15) is 11.6 Å². The van der Waals surface area contributed by atoms with Gasteiger partial charge in [0.1, 0.15) is 0 Å². The molecule has 1 aliphatic rings. The molecule has 1 fully saturated rings. The van der Waals surface area contributed by atoms with Crippen LogP contribution < -0.4 is 5.73 Å². The van der Waals surface area contributed by atoms with Crippen molar-refractivity contribution in [3.05, 3.63) is 33.8 Å². The van der Waals surface area contributed by atoms with Gasteiger partial charge in [0, 0.05) is 35.2 Å². The lowest BCUT2D eigenvalue weighted by molar-refractivity contribution is 0.0179. The van der Waals surface area contributed by atoms with Crippen molar-refractivity contribution in [2.75, 3.05) is 32.8 Å². The van der Waals surface area contributed by atoms with Crippen molar-refractivity contribution in [3.8, 4) is 0 Å². The van der Waals surface area contributed by atoms with Crippen LogP contribution in [0.5, 0.6) is 0 Å². The SMILES string of the molecule is NCC(c1c(Cl)cccc1Cl)N1CCOCC1. The van der Waals surface area contributed by atoms with Gasteiger partial charge in [0.25, 0.3) is 0 Å². The van der Waals surface area contributed by atoms with Crippen LogP contribution in [0.4, 0.5) is 0 Å². The number of morpholine rings is 1. The van der Waals surface area contributed by atoms with Crippen molar-refractivity contribution >= 4 is 23.2 Å². The zero-order valence-corrected chi connectivity index (χ0v) is 11.0. The van der Waals surface area contributed by atoms with Crippen molar-refractivity contribution in [2.24, 2.45) is 5.73 Å². The topological polar surface area (TPSA) is 38.5 Å². The van der Waals surface area contributed by atoms with Gasteiger partial charge in [-0.15, -0.1) is 0 Å². The first-order chi connectivity index (χ1) is 8.24. The Kier molecular flexibility index (Phi) is 4.65. The average Bonchev–Trinajstić information content (AvgIpc) is 2.35.